The molecule has 0 aromatic heterocycles. The van der Waals surface area contributed by atoms with Crippen LogP contribution in [0.1, 0.15) is 50.7 Å². The van der Waals surface area contributed by atoms with E-state index in [1.165, 1.54) is 16.3 Å². The van der Waals surface area contributed by atoms with E-state index in [4.69, 9.17) is 4.43 Å². The monoisotopic (exact) mass is 222 g/mol. The zero-order valence-corrected chi connectivity index (χ0v) is 11.9. The van der Waals surface area contributed by atoms with Crippen LogP contribution in [0.3, 0.4) is 0 Å². The van der Waals surface area contributed by atoms with Crippen LogP contribution < -0.4 is 5.19 Å². The molecule has 0 atom stereocenters. The van der Waals surface area contributed by atoms with Crippen LogP contribution in [0, 0.1) is 0 Å². The van der Waals surface area contributed by atoms with E-state index < -0.39 is 9.76 Å². The fourth-order valence-corrected chi connectivity index (χ4v) is 3.43. The van der Waals surface area contributed by atoms with Gasteiger partial charge in [0.15, 0.2) is 9.76 Å². The highest BCUT2D eigenvalue weighted by molar-refractivity contribution is 6.47. The molecule has 0 saturated carbocycles. The van der Waals surface area contributed by atoms with Gasteiger partial charge in [0.25, 0.3) is 0 Å². The van der Waals surface area contributed by atoms with Crippen LogP contribution in [0.5, 0.6) is 0 Å². The van der Waals surface area contributed by atoms with Crippen molar-refractivity contribution in [3.8, 4) is 0 Å². The van der Waals surface area contributed by atoms with Crippen LogP contribution in [0.4, 0.5) is 0 Å². The smallest absolute Gasteiger partial charge is 0.192 e. The Morgan fingerprint density at radius 2 is 1.73 bits per heavy atom. The van der Waals surface area contributed by atoms with Crippen LogP contribution in [-0.4, -0.2) is 16.9 Å². The Hall–Kier alpha value is -0.603. The molecule has 0 aliphatic rings. The maximum atomic E-state index is 5.39. The third kappa shape index (κ3) is 2.92. The van der Waals surface area contributed by atoms with E-state index in [1.54, 1.807) is 0 Å². The Morgan fingerprint density at radius 1 is 1.07 bits per heavy atom. The molecule has 0 aliphatic heterocycles. The molecule has 1 aromatic rings. The lowest BCUT2D eigenvalue weighted by atomic mass is 9.91. The lowest BCUT2D eigenvalue weighted by Crippen LogP contribution is -2.23. The molecule has 0 aliphatic carbocycles. The molecule has 2 heteroatoms. The maximum absolute atomic E-state index is 5.39. The van der Waals surface area contributed by atoms with Gasteiger partial charge in [0, 0.05) is 7.11 Å². The summed E-state index contributed by atoms with van der Waals surface area (Å²) in [6.45, 7) is 9.07. The third-order valence-electron chi connectivity index (χ3n) is 2.73. The van der Waals surface area contributed by atoms with Gasteiger partial charge in [0.1, 0.15) is 0 Å². The van der Waals surface area contributed by atoms with E-state index in [2.05, 4.69) is 45.9 Å². The largest absolute Gasteiger partial charge is 0.422 e. The van der Waals surface area contributed by atoms with Crippen LogP contribution in [0.25, 0.3) is 0 Å². The topological polar surface area (TPSA) is 9.23 Å². The van der Waals surface area contributed by atoms with Crippen molar-refractivity contribution in [1.29, 1.82) is 0 Å². The normalized spacial score (nSPS) is 12.2. The predicted octanol–water partition coefficient (Wildman–Crippen LogP) is 2.29. The van der Waals surface area contributed by atoms with Crippen LogP contribution in [-0.2, 0) is 4.43 Å². The zero-order valence-electron chi connectivity index (χ0n) is 10.5. The lowest BCUT2D eigenvalue weighted by molar-refractivity contribution is 0.450. The number of benzene rings is 1. The Labute approximate surface area is 95.8 Å². The first-order valence-electron chi connectivity index (χ1n) is 5.68. The molecule has 0 radical (unpaired) electrons. The van der Waals surface area contributed by atoms with Crippen LogP contribution >= 0.6 is 0 Å². The summed E-state index contributed by atoms with van der Waals surface area (Å²) in [6, 6.07) is 6.66. The van der Waals surface area contributed by atoms with Gasteiger partial charge in [-0.25, -0.2) is 0 Å². The van der Waals surface area contributed by atoms with E-state index in [-0.39, 0.29) is 0 Å². The molecule has 0 unspecified atom stereocenters. The number of hydrogen-bond donors (Lipinski definition) is 0. The van der Waals surface area contributed by atoms with Gasteiger partial charge in [-0.2, -0.15) is 0 Å². The summed E-state index contributed by atoms with van der Waals surface area (Å²) in [5.74, 6) is 1.20. The molecule has 0 saturated heterocycles. The second kappa shape index (κ2) is 5.47. The van der Waals surface area contributed by atoms with E-state index in [0.29, 0.717) is 11.8 Å². The summed E-state index contributed by atoms with van der Waals surface area (Å²) in [5.41, 5.74) is 3.02. The van der Waals surface area contributed by atoms with Crippen molar-refractivity contribution in [2.24, 2.45) is 0 Å². The molecule has 0 amide bonds. The molecular formula is C13H22OSi. The molecule has 84 valence electrons. The van der Waals surface area contributed by atoms with Gasteiger partial charge < -0.3 is 4.43 Å². The highest BCUT2D eigenvalue weighted by Gasteiger charge is 2.13. The van der Waals surface area contributed by atoms with Crippen LogP contribution in [0.2, 0.25) is 0 Å². The third-order valence-corrected chi connectivity index (χ3v) is 3.95. The fraction of sp³-hybridized carbons (Fsp3) is 0.538. The van der Waals surface area contributed by atoms with Gasteiger partial charge in [-0.05, 0) is 28.1 Å². The SMILES string of the molecule is CO[SiH2]c1cccc(C(C)C)c1C(C)C. The van der Waals surface area contributed by atoms with Gasteiger partial charge in [-0.1, -0.05) is 45.9 Å². The first kappa shape index (κ1) is 12.5. The van der Waals surface area contributed by atoms with Crippen LogP contribution in [0.15, 0.2) is 18.2 Å². The summed E-state index contributed by atoms with van der Waals surface area (Å²) in [4.78, 5) is 0. The van der Waals surface area contributed by atoms with Gasteiger partial charge in [-0.3, -0.25) is 0 Å². The minimum atomic E-state index is -0.526. The molecule has 1 aromatic carbocycles. The maximum Gasteiger partial charge on any atom is 0.192 e. The Bertz CT molecular complexity index is 318. The first-order valence-corrected chi connectivity index (χ1v) is 6.97. The summed E-state index contributed by atoms with van der Waals surface area (Å²) in [7, 11) is 1.29. The average molecular weight is 222 g/mol. The Balaban J connectivity index is 3.22. The Morgan fingerprint density at radius 3 is 2.20 bits per heavy atom. The van der Waals surface area contributed by atoms with Crippen molar-refractivity contribution >= 4 is 14.9 Å². The van der Waals surface area contributed by atoms with Gasteiger partial charge in [0.2, 0.25) is 0 Å². The molecule has 15 heavy (non-hydrogen) atoms. The van der Waals surface area contributed by atoms with Crippen molar-refractivity contribution < 1.29 is 4.43 Å². The minimum Gasteiger partial charge on any atom is -0.422 e. The molecule has 0 N–H and O–H groups in total. The molecule has 1 nitrogen and oxygen atoms in total. The zero-order chi connectivity index (χ0) is 11.4. The second-order valence-electron chi connectivity index (χ2n) is 4.66. The molecule has 0 heterocycles. The van der Waals surface area contributed by atoms with E-state index in [9.17, 15) is 0 Å². The van der Waals surface area contributed by atoms with Gasteiger partial charge >= 0.3 is 0 Å². The van der Waals surface area contributed by atoms with E-state index in [1.807, 2.05) is 7.11 Å². The fourth-order valence-electron chi connectivity index (χ4n) is 2.12. The molecule has 0 bridgehead atoms. The molecular weight excluding hydrogens is 200 g/mol. The second-order valence-corrected chi connectivity index (χ2v) is 6.29. The van der Waals surface area contributed by atoms with Crippen molar-refractivity contribution in [1.82, 2.24) is 0 Å². The average Bonchev–Trinajstić information content (AvgIpc) is 2.17. The summed E-state index contributed by atoms with van der Waals surface area (Å²) < 4.78 is 5.39. The number of rotatable bonds is 4. The quantitative estimate of drug-likeness (QED) is 0.710. The molecule has 1 rings (SSSR count). The van der Waals surface area contributed by atoms with Gasteiger partial charge in [-0.15, -0.1) is 0 Å². The van der Waals surface area contributed by atoms with Crippen molar-refractivity contribution in [3.63, 3.8) is 0 Å². The van der Waals surface area contributed by atoms with Gasteiger partial charge in [0.05, 0.1) is 0 Å². The number of hydrogen-bond acceptors (Lipinski definition) is 1. The standard InChI is InChI=1S/C13H22OSi/c1-9(2)11-7-6-8-12(15-14-5)13(11)10(3)4/h6-10H,15H2,1-5H3. The lowest BCUT2D eigenvalue weighted by Gasteiger charge is -2.19. The summed E-state index contributed by atoms with van der Waals surface area (Å²) in [6.07, 6.45) is 0. The predicted molar refractivity (Wildman–Crippen MR) is 69.8 cm³/mol. The minimum absolute atomic E-state index is 0.526. The first-order chi connectivity index (χ1) is 7.07. The van der Waals surface area contributed by atoms with E-state index in [0.717, 1.165) is 0 Å². The highest BCUT2D eigenvalue weighted by atomic mass is 28.2. The highest BCUT2D eigenvalue weighted by Crippen LogP contribution is 2.24. The summed E-state index contributed by atoms with van der Waals surface area (Å²) >= 11 is 0. The summed E-state index contributed by atoms with van der Waals surface area (Å²) in [5, 5.41) is 1.47. The van der Waals surface area contributed by atoms with E-state index >= 15 is 0 Å². The van der Waals surface area contributed by atoms with Crippen molar-refractivity contribution in [2.75, 3.05) is 7.11 Å². The molecule has 0 fully saturated rings. The van der Waals surface area contributed by atoms with Crippen molar-refractivity contribution in [2.45, 2.75) is 39.5 Å². The molecule has 0 spiro atoms. The Kier molecular flexibility index (Phi) is 4.55. The van der Waals surface area contributed by atoms with Crippen molar-refractivity contribution in [3.05, 3.63) is 29.3 Å².